The summed E-state index contributed by atoms with van der Waals surface area (Å²) in [5.74, 6) is 0.828. The van der Waals surface area contributed by atoms with Gasteiger partial charge in [-0.15, -0.1) is 0 Å². The van der Waals surface area contributed by atoms with Crippen LogP contribution in [0, 0.1) is 6.92 Å². The van der Waals surface area contributed by atoms with Gasteiger partial charge in [0.05, 0.1) is 0 Å². The van der Waals surface area contributed by atoms with Crippen LogP contribution in [-0.4, -0.2) is 12.5 Å². The van der Waals surface area contributed by atoms with E-state index in [2.05, 4.69) is 24.5 Å². The predicted octanol–water partition coefficient (Wildman–Crippen LogP) is 3.90. The number of carbonyl (C=O) groups excluding carboxylic acids is 1. The first-order valence-corrected chi connectivity index (χ1v) is 7.31. The summed E-state index contributed by atoms with van der Waals surface area (Å²) in [7, 11) is 0. The summed E-state index contributed by atoms with van der Waals surface area (Å²) < 4.78 is 5.30. The minimum atomic E-state index is -0.229. The van der Waals surface area contributed by atoms with Crippen LogP contribution in [0.2, 0.25) is 0 Å². The average molecular weight is 286 g/mol. The Labute approximate surface area is 125 Å². The lowest BCUT2D eigenvalue weighted by atomic mass is 10.1. The third-order valence-corrected chi connectivity index (χ3v) is 3.33. The highest BCUT2D eigenvalue weighted by atomic mass is 16.3. The number of benzene rings is 1. The maximum Gasteiger partial charge on any atom is 0.291 e. The second-order valence-electron chi connectivity index (χ2n) is 5.16. The molecule has 0 saturated heterocycles. The number of carbonyl (C=O) groups is 1. The highest BCUT2D eigenvalue weighted by Gasteiger charge is 2.10. The Balaban J connectivity index is 1.97. The van der Waals surface area contributed by atoms with Gasteiger partial charge in [0.1, 0.15) is 5.76 Å². The molecule has 0 spiro atoms. The maximum atomic E-state index is 12.0. The van der Waals surface area contributed by atoms with E-state index in [1.54, 1.807) is 12.1 Å². The van der Waals surface area contributed by atoms with Gasteiger partial charge in [-0.3, -0.25) is 4.79 Å². The standard InChI is InChI=1S/C17H22N2O2/c1-4-11-18-13(3)14-6-8-15(9-7-14)19-17(20)16-10-5-12(2)21-16/h5-10,13,18H,4,11H2,1-3H3,(H,19,20). The third-order valence-electron chi connectivity index (χ3n) is 3.33. The zero-order chi connectivity index (χ0) is 15.2. The third kappa shape index (κ3) is 4.20. The molecule has 0 aliphatic rings. The van der Waals surface area contributed by atoms with Crippen LogP contribution in [0.15, 0.2) is 40.8 Å². The van der Waals surface area contributed by atoms with Gasteiger partial charge in [0.2, 0.25) is 0 Å². The van der Waals surface area contributed by atoms with Gasteiger partial charge in [0, 0.05) is 11.7 Å². The maximum absolute atomic E-state index is 12.0. The van der Waals surface area contributed by atoms with Gasteiger partial charge in [0.15, 0.2) is 5.76 Å². The molecular formula is C17H22N2O2. The Hall–Kier alpha value is -2.07. The van der Waals surface area contributed by atoms with E-state index in [0.717, 1.165) is 24.4 Å². The molecule has 0 fully saturated rings. The summed E-state index contributed by atoms with van der Waals surface area (Å²) in [6.07, 6.45) is 1.11. The molecule has 1 aromatic carbocycles. The highest BCUT2D eigenvalue weighted by molar-refractivity contribution is 6.02. The molecule has 0 bridgehead atoms. The molecule has 1 aromatic heterocycles. The molecule has 1 amide bonds. The number of hydrogen-bond acceptors (Lipinski definition) is 3. The first-order chi connectivity index (χ1) is 10.1. The second kappa shape index (κ2) is 7.09. The largest absolute Gasteiger partial charge is 0.456 e. The smallest absolute Gasteiger partial charge is 0.291 e. The number of furan rings is 1. The summed E-state index contributed by atoms with van der Waals surface area (Å²) in [6, 6.07) is 11.6. The van der Waals surface area contributed by atoms with Crippen molar-refractivity contribution in [3.05, 3.63) is 53.5 Å². The molecule has 1 atom stereocenters. The van der Waals surface area contributed by atoms with E-state index in [0.29, 0.717) is 11.8 Å². The van der Waals surface area contributed by atoms with Crippen LogP contribution in [0.1, 0.15) is 48.2 Å². The molecule has 2 N–H and O–H groups in total. The lowest BCUT2D eigenvalue weighted by molar-refractivity contribution is 0.0995. The van der Waals surface area contributed by atoms with Gasteiger partial charge in [0.25, 0.3) is 5.91 Å². The first kappa shape index (κ1) is 15.3. The van der Waals surface area contributed by atoms with Crippen LogP contribution >= 0.6 is 0 Å². The van der Waals surface area contributed by atoms with Crippen molar-refractivity contribution in [2.75, 3.05) is 11.9 Å². The first-order valence-electron chi connectivity index (χ1n) is 7.31. The summed E-state index contributed by atoms with van der Waals surface area (Å²) >= 11 is 0. The minimum absolute atomic E-state index is 0.229. The van der Waals surface area contributed by atoms with Crippen molar-refractivity contribution < 1.29 is 9.21 Å². The van der Waals surface area contributed by atoms with Crippen molar-refractivity contribution in [1.29, 1.82) is 0 Å². The molecular weight excluding hydrogens is 264 g/mol. The van der Waals surface area contributed by atoms with E-state index in [1.807, 2.05) is 31.2 Å². The molecule has 21 heavy (non-hydrogen) atoms. The lowest BCUT2D eigenvalue weighted by Gasteiger charge is -2.14. The fourth-order valence-corrected chi connectivity index (χ4v) is 2.08. The zero-order valence-corrected chi connectivity index (χ0v) is 12.8. The molecule has 0 saturated carbocycles. The Morgan fingerprint density at radius 2 is 1.90 bits per heavy atom. The van der Waals surface area contributed by atoms with Crippen LogP contribution in [-0.2, 0) is 0 Å². The van der Waals surface area contributed by atoms with Gasteiger partial charge in [-0.1, -0.05) is 19.1 Å². The Morgan fingerprint density at radius 1 is 1.19 bits per heavy atom. The molecule has 1 heterocycles. The lowest BCUT2D eigenvalue weighted by Crippen LogP contribution is -2.19. The molecule has 112 valence electrons. The van der Waals surface area contributed by atoms with E-state index in [1.165, 1.54) is 5.56 Å². The van der Waals surface area contributed by atoms with Crippen molar-refractivity contribution >= 4 is 11.6 Å². The van der Waals surface area contributed by atoms with Crippen LogP contribution in [0.4, 0.5) is 5.69 Å². The number of rotatable bonds is 6. The Kier molecular flexibility index (Phi) is 5.17. The van der Waals surface area contributed by atoms with Crippen molar-refractivity contribution in [3.8, 4) is 0 Å². The molecule has 0 aliphatic heterocycles. The summed E-state index contributed by atoms with van der Waals surface area (Å²) in [5, 5.41) is 6.26. The number of hydrogen-bond donors (Lipinski definition) is 2. The Bertz CT molecular complexity index is 587. The fourth-order valence-electron chi connectivity index (χ4n) is 2.08. The topological polar surface area (TPSA) is 54.3 Å². The average Bonchev–Trinajstić information content (AvgIpc) is 2.92. The van der Waals surface area contributed by atoms with Crippen molar-refractivity contribution in [2.45, 2.75) is 33.2 Å². The minimum Gasteiger partial charge on any atom is -0.456 e. The Morgan fingerprint density at radius 3 is 2.48 bits per heavy atom. The van der Waals surface area contributed by atoms with Crippen LogP contribution in [0.25, 0.3) is 0 Å². The van der Waals surface area contributed by atoms with Gasteiger partial charge < -0.3 is 15.1 Å². The highest BCUT2D eigenvalue weighted by Crippen LogP contribution is 2.17. The monoisotopic (exact) mass is 286 g/mol. The van der Waals surface area contributed by atoms with Gasteiger partial charge >= 0.3 is 0 Å². The molecule has 0 radical (unpaired) electrons. The van der Waals surface area contributed by atoms with Crippen molar-refractivity contribution in [1.82, 2.24) is 5.32 Å². The molecule has 0 aliphatic carbocycles. The van der Waals surface area contributed by atoms with Crippen molar-refractivity contribution in [3.63, 3.8) is 0 Å². The van der Waals surface area contributed by atoms with Gasteiger partial charge in [-0.25, -0.2) is 0 Å². The van der Waals surface area contributed by atoms with Crippen molar-refractivity contribution in [2.24, 2.45) is 0 Å². The van der Waals surface area contributed by atoms with Crippen LogP contribution in [0.5, 0.6) is 0 Å². The van der Waals surface area contributed by atoms with Gasteiger partial charge in [-0.05, 0) is 56.6 Å². The zero-order valence-electron chi connectivity index (χ0n) is 12.8. The molecule has 2 rings (SSSR count). The number of anilines is 1. The summed E-state index contributed by atoms with van der Waals surface area (Å²) in [6.45, 7) is 7.09. The summed E-state index contributed by atoms with van der Waals surface area (Å²) in [4.78, 5) is 12.0. The SMILES string of the molecule is CCCNC(C)c1ccc(NC(=O)c2ccc(C)o2)cc1. The van der Waals surface area contributed by atoms with E-state index >= 15 is 0 Å². The fraction of sp³-hybridized carbons (Fsp3) is 0.353. The van der Waals surface area contributed by atoms with E-state index in [4.69, 9.17) is 4.42 Å². The molecule has 1 unspecified atom stereocenters. The van der Waals surface area contributed by atoms with E-state index < -0.39 is 0 Å². The van der Waals surface area contributed by atoms with E-state index in [-0.39, 0.29) is 5.91 Å². The van der Waals surface area contributed by atoms with Gasteiger partial charge in [-0.2, -0.15) is 0 Å². The van der Waals surface area contributed by atoms with E-state index in [9.17, 15) is 4.79 Å². The number of amides is 1. The van der Waals surface area contributed by atoms with Crippen LogP contribution in [0.3, 0.4) is 0 Å². The number of aryl methyl sites for hydroxylation is 1. The second-order valence-corrected chi connectivity index (χ2v) is 5.16. The molecule has 4 nitrogen and oxygen atoms in total. The van der Waals surface area contributed by atoms with Crippen LogP contribution < -0.4 is 10.6 Å². The normalized spacial score (nSPS) is 12.1. The quantitative estimate of drug-likeness (QED) is 0.846. The number of nitrogens with one attached hydrogen (secondary N) is 2. The molecule has 4 heteroatoms. The summed E-state index contributed by atoms with van der Waals surface area (Å²) in [5.41, 5.74) is 1.97. The predicted molar refractivity (Wildman–Crippen MR) is 84.5 cm³/mol. The molecule has 2 aromatic rings.